The van der Waals surface area contributed by atoms with Crippen LogP contribution in [0.5, 0.6) is 0 Å². The molecule has 2 heterocycles. The molecule has 2 saturated heterocycles. The molecule has 3 atom stereocenters. The smallest absolute Gasteiger partial charge is 0.0131 e. The van der Waals surface area contributed by atoms with Crippen molar-refractivity contribution < 1.29 is 0 Å². The molecular weight excluding hydrogens is 196 g/mol. The zero-order valence-corrected chi connectivity index (χ0v) is 11.6. The first-order valence-electron chi connectivity index (χ1n) is 6.77. The average molecular weight is 224 g/mol. The third-order valence-electron chi connectivity index (χ3n) is 4.71. The number of rotatable bonds is 3. The molecule has 0 aliphatic carbocycles. The van der Waals surface area contributed by atoms with Gasteiger partial charge in [0.05, 0.1) is 0 Å². The number of hydrogen-bond acceptors (Lipinski definition) is 2. The molecule has 94 valence electrons. The van der Waals surface area contributed by atoms with Crippen molar-refractivity contribution in [2.24, 2.45) is 16.7 Å². The molecular formula is C14H28N2. The molecule has 16 heavy (non-hydrogen) atoms. The lowest BCUT2D eigenvalue weighted by molar-refractivity contribution is 0.0454. The Labute approximate surface area is 101 Å². The summed E-state index contributed by atoms with van der Waals surface area (Å²) < 4.78 is 0. The van der Waals surface area contributed by atoms with Crippen molar-refractivity contribution in [3.05, 3.63) is 0 Å². The number of hydrogen-bond donors (Lipinski definition) is 2. The zero-order valence-electron chi connectivity index (χ0n) is 11.6. The SMILES string of the molecule is CC(C)(C)C1CNC1CC(C)(C)C1CCN1. The first kappa shape index (κ1) is 12.4. The topological polar surface area (TPSA) is 24.1 Å². The fraction of sp³-hybridized carbons (Fsp3) is 1.00. The molecule has 2 nitrogen and oxygen atoms in total. The lowest BCUT2D eigenvalue weighted by atomic mass is 9.65. The third-order valence-corrected chi connectivity index (χ3v) is 4.71. The van der Waals surface area contributed by atoms with Gasteiger partial charge < -0.3 is 10.6 Å². The van der Waals surface area contributed by atoms with Crippen molar-refractivity contribution in [1.82, 2.24) is 10.6 Å². The quantitative estimate of drug-likeness (QED) is 0.769. The van der Waals surface area contributed by atoms with Gasteiger partial charge in [0, 0.05) is 18.6 Å². The van der Waals surface area contributed by atoms with Gasteiger partial charge in [-0.2, -0.15) is 0 Å². The van der Waals surface area contributed by atoms with Gasteiger partial charge in [-0.25, -0.2) is 0 Å². The van der Waals surface area contributed by atoms with Gasteiger partial charge in [0.15, 0.2) is 0 Å². The van der Waals surface area contributed by atoms with Crippen LogP contribution in [0.25, 0.3) is 0 Å². The Morgan fingerprint density at radius 2 is 1.69 bits per heavy atom. The zero-order chi connectivity index (χ0) is 12.0. The van der Waals surface area contributed by atoms with E-state index in [-0.39, 0.29) is 0 Å². The van der Waals surface area contributed by atoms with Gasteiger partial charge >= 0.3 is 0 Å². The fourth-order valence-electron chi connectivity index (χ4n) is 3.19. The van der Waals surface area contributed by atoms with Gasteiger partial charge in [-0.3, -0.25) is 0 Å². The summed E-state index contributed by atoms with van der Waals surface area (Å²) in [7, 11) is 0. The van der Waals surface area contributed by atoms with Crippen molar-refractivity contribution in [3.8, 4) is 0 Å². The van der Waals surface area contributed by atoms with Crippen LogP contribution >= 0.6 is 0 Å². The monoisotopic (exact) mass is 224 g/mol. The minimum atomic E-state index is 0.444. The first-order valence-corrected chi connectivity index (χ1v) is 6.77. The predicted octanol–water partition coefficient (Wildman–Crippen LogP) is 2.40. The van der Waals surface area contributed by atoms with E-state index in [0.717, 1.165) is 18.0 Å². The largest absolute Gasteiger partial charge is 0.313 e. The van der Waals surface area contributed by atoms with Crippen molar-refractivity contribution in [2.75, 3.05) is 13.1 Å². The van der Waals surface area contributed by atoms with Crippen molar-refractivity contribution in [2.45, 2.75) is 59.5 Å². The minimum absolute atomic E-state index is 0.444. The van der Waals surface area contributed by atoms with Crippen LogP contribution < -0.4 is 10.6 Å². The van der Waals surface area contributed by atoms with E-state index < -0.39 is 0 Å². The molecule has 2 aliphatic heterocycles. The predicted molar refractivity (Wildman–Crippen MR) is 69.5 cm³/mol. The van der Waals surface area contributed by atoms with E-state index in [0.29, 0.717) is 10.8 Å². The summed E-state index contributed by atoms with van der Waals surface area (Å²) in [5.41, 5.74) is 0.902. The lowest BCUT2D eigenvalue weighted by Gasteiger charge is -2.51. The van der Waals surface area contributed by atoms with Crippen molar-refractivity contribution >= 4 is 0 Å². The maximum absolute atomic E-state index is 3.63. The molecule has 0 aromatic carbocycles. The molecule has 0 amide bonds. The van der Waals surface area contributed by atoms with Gasteiger partial charge in [0.25, 0.3) is 0 Å². The van der Waals surface area contributed by atoms with Crippen molar-refractivity contribution in [3.63, 3.8) is 0 Å². The highest BCUT2D eigenvalue weighted by Gasteiger charge is 2.44. The van der Waals surface area contributed by atoms with Gasteiger partial charge in [0.2, 0.25) is 0 Å². The Hall–Kier alpha value is -0.0800. The van der Waals surface area contributed by atoms with Crippen LogP contribution in [0.2, 0.25) is 0 Å². The molecule has 0 saturated carbocycles. The van der Waals surface area contributed by atoms with Crippen LogP contribution in [0, 0.1) is 16.7 Å². The van der Waals surface area contributed by atoms with Crippen LogP contribution in [0.15, 0.2) is 0 Å². The third kappa shape index (κ3) is 2.28. The molecule has 0 aromatic heterocycles. The normalized spacial score (nSPS) is 35.4. The summed E-state index contributed by atoms with van der Waals surface area (Å²) in [6.07, 6.45) is 2.67. The molecule has 2 aliphatic rings. The summed E-state index contributed by atoms with van der Waals surface area (Å²) in [4.78, 5) is 0. The van der Waals surface area contributed by atoms with Gasteiger partial charge in [0.1, 0.15) is 0 Å². The van der Waals surface area contributed by atoms with Gasteiger partial charge in [-0.15, -0.1) is 0 Å². The molecule has 0 spiro atoms. The van der Waals surface area contributed by atoms with Crippen LogP contribution in [-0.2, 0) is 0 Å². The Kier molecular flexibility index (Phi) is 3.09. The highest BCUT2D eigenvalue weighted by atomic mass is 15.0. The van der Waals surface area contributed by atoms with E-state index in [9.17, 15) is 0 Å². The summed E-state index contributed by atoms with van der Waals surface area (Å²) in [5, 5.41) is 7.20. The Morgan fingerprint density at radius 1 is 1.06 bits per heavy atom. The summed E-state index contributed by atoms with van der Waals surface area (Å²) >= 11 is 0. The maximum atomic E-state index is 3.63. The highest BCUT2D eigenvalue weighted by Crippen LogP contribution is 2.40. The average Bonchev–Trinajstić information content (AvgIpc) is 1.89. The summed E-state index contributed by atoms with van der Waals surface area (Å²) in [6.45, 7) is 14.4. The Balaban J connectivity index is 1.90. The van der Waals surface area contributed by atoms with E-state index in [1.807, 2.05) is 0 Å². The van der Waals surface area contributed by atoms with E-state index in [2.05, 4.69) is 45.3 Å². The minimum Gasteiger partial charge on any atom is -0.313 e. The highest BCUT2D eigenvalue weighted by molar-refractivity contribution is 5.00. The van der Waals surface area contributed by atoms with Crippen LogP contribution in [0.4, 0.5) is 0 Å². The first-order chi connectivity index (χ1) is 7.31. The fourth-order valence-corrected chi connectivity index (χ4v) is 3.19. The molecule has 0 radical (unpaired) electrons. The summed E-state index contributed by atoms with van der Waals surface area (Å²) in [6, 6.07) is 1.48. The molecule has 2 fully saturated rings. The van der Waals surface area contributed by atoms with E-state index in [1.165, 1.54) is 25.9 Å². The van der Waals surface area contributed by atoms with E-state index in [1.54, 1.807) is 0 Å². The molecule has 2 N–H and O–H groups in total. The molecule has 0 aromatic rings. The van der Waals surface area contributed by atoms with Crippen molar-refractivity contribution in [1.29, 1.82) is 0 Å². The molecule has 0 bridgehead atoms. The second-order valence-corrected chi connectivity index (χ2v) is 7.48. The molecule has 2 heteroatoms. The van der Waals surface area contributed by atoms with Crippen LogP contribution in [0.1, 0.15) is 47.5 Å². The standard InChI is InChI=1S/C14H28N2/c1-13(2,3)10-9-16-11(10)8-14(4,5)12-6-7-15-12/h10-12,15-16H,6-9H2,1-5H3. The van der Waals surface area contributed by atoms with E-state index in [4.69, 9.17) is 0 Å². The van der Waals surface area contributed by atoms with Crippen LogP contribution in [-0.4, -0.2) is 25.2 Å². The Morgan fingerprint density at radius 3 is 2.00 bits per heavy atom. The van der Waals surface area contributed by atoms with Gasteiger partial charge in [-0.05, 0) is 36.1 Å². The maximum Gasteiger partial charge on any atom is 0.0131 e. The van der Waals surface area contributed by atoms with Gasteiger partial charge in [-0.1, -0.05) is 34.6 Å². The lowest BCUT2D eigenvalue weighted by Crippen LogP contribution is -2.62. The summed E-state index contributed by atoms with van der Waals surface area (Å²) in [5.74, 6) is 0.854. The Bertz CT molecular complexity index is 248. The number of nitrogens with one attached hydrogen (secondary N) is 2. The van der Waals surface area contributed by atoms with E-state index >= 15 is 0 Å². The van der Waals surface area contributed by atoms with Crippen LogP contribution in [0.3, 0.4) is 0 Å². The molecule has 3 unspecified atom stereocenters. The second-order valence-electron chi connectivity index (χ2n) is 7.48. The second kappa shape index (κ2) is 3.99. The molecule has 2 rings (SSSR count).